The van der Waals surface area contributed by atoms with Gasteiger partial charge in [-0.2, -0.15) is 0 Å². The quantitative estimate of drug-likeness (QED) is 0.459. The molecule has 3 rings (SSSR count). The molecule has 0 spiro atoms. The standard InChI is InChI=1S/C19H27FN6O/c1-13-16(14(2)27-25-13)6-4-10-23-19(21-3)24-15-8-11-26(12-15)18-17(20)7-5-9-22-18/h5,7,9,15H,4,6,8,10-12H2,1-3H3,(H2,21,23,24). The molecule has 3 heterocycles. The molecule has 7 nitrogen and oxygen atoms in total. The Morgan fingerprint density at radius 2 is 2.30 bits per heavy atom. The molecule has 1 saturated heterocycles. The maximum atomic E-state index is 13.9. The highest BCUT2D eigenvalue weighted by atomic mass is 19.1. The molecule has 1 atom stereocenters. The largest absolute Gasteiger partial charge is 0.361 e. The predicted molar refractivity (Wildman–Crippen MR) is 104 cm³/mol. The van der Waals surface area contributed by atoms with E-state index < -0.39 is 0 Å². The lowest BCUT2D eigenvalue weighted by Gasteiger charge is -2.20. The van der Waals surface area contributed by atoms with Crippen LogP contribution in [0, 0.1) is 19.7 Å². The van der Waals surface area contributed by atoms with Crippen LogP contribution in [0.4, 0.5) is 10.2 Å². The van der Waals surface area contributed by atoms with Crippen molar-refractivity contribution in [1.29, 1.82) is 0 Å². The number of rotatable bonds is 6. The Morgan fingerprint density at radius 1 is 1.44 bits per heavy atom. The maximum absolute atomic E-state index is 13.9. The Hall–Kier alpha value is -2.64. The number of guanidine groups is 1. The summed E-state index contributed by atoms with van der Waals surface area (Å²) in [4.78, 5) is 10.4. The molecule has 1 fully saturated rings. The summed E-state index contributed by atoms with van der Waals surface area (Å²) >= 11 is 0. The first-order valence-corrected chi connectivity index (χ1v) is 9.33. The molecule has 27 heavy (non-hydrogen) atoms. The molecular weight excluding hydrogens is 347 g/mol. The molecule has 8 heteroatoms. The summed E-state index contributed by atoms with van der Waals surface area (Å²) in [5.41, 5.74) is 2.14. The number of hydrogen-bond acceptors (Lipinski definition) is 5. The van der Waals surface area contributed by atoms with Gasteiger partial charge in [-0.25, -0.2) is 9.37 Å². The molecule has 0 aromatic carbocycles. The number of nitrogens with one attached hydrogen (secondary N) is 2. The average molecular weight is 374 g/mol. The molecule has 0 amide bonds. The first kappa shape index (κ1) is 19.1. The van der Waals surface area contributed by atoms with Gasteiger partial charge in [0.2, 0.25) is 0 Å². The third kappa shape index (κ3) is 4.75. The van der Waals surface area contributed by atoms with Gasteiger partial charge in [-0.3, -0.25) is 4.99 Å². The normalized spacial score (nSPS) is 17.4. The Kier molecular flexibility index (Phi) is 6.26. The van der Waals surface area contributed by atoms with E-state index in [0.29, 0.717) is 12.4 Å². The smallest absolute Gasteiger partial charge is 0.191 e. The van der Waals surface area contributed by atoms with Crippen molar-refractivity contribution in [2.24, 2.45) is 4.99 Å². The second-order valence-electron chi connectivity index (χ2n) is 6.79. The minimum absolute atomic E-state index is 0.208. The van der Waals surface area contributed by atoms with E-state index >= 15 is 0 Å². The first-order chi connectivity index (χ1) is 13.1. The molecule has 2 N–H and O–H groups in total. The van der Waals surface area contributed by atoms with Crippen molar-refractivity contribution in [3.05, 3.63) is 41.2 Å². The number of aromatic nitrogens is 2. The molecule has 0 aliphatic carbocycles. The summed E-state index contributed by atoms with van der Waals surface area (Å²) in [6, 6.07) is 3.27. The first-order valence-electron chi connectivity index (χ1n) is 9.33. The zero-order valence-corrected chi connectivity index (χ0v) is 16.1. The van der Waals surface area contributed by atoms with E-state index in [9.17, 15) is 4.39 Å². The second kappa shape index (κ2) is 8.83. The van der Waals surface area contributed by atoms with Crippen molar-refractivity contribution in [2.75, 3.05) is 31.6 Å². The molecule has 0 radical (unpaired) electrons. The van der Waals surface area contributed by atoms with Crippen LogP contribution in [-0.4, -0.2) is 48.8 Å². The summed E-state index contributed by atoms with van der Waals surface area (Å²) < 4.78 is 19.1. The van der Waals surface area contributed by atoms with Gasteiger partial charge in [0.05, 0.1) is 5.69 Å². The molecule has 2 aromatic rings. The van der Waals surface area contributed by atoms with Crippen LogP contribution < -0.4 is 15.5 Å². The van der Waals surface area contributed by atoms with E-state index in [4.69, 9.17) is 4.52 Å². The average Bonchev–Trinajstić information content (AvgIpc) is 3.25. The summed E-state index contributed by atoms with van der Waals surface area (Å²) in [6.07, 6.45) is 4.41. The van der Waals surface area contributed by atoms with Crippen molar-refractivity contribution in [1.82, 2.24) is 20.8 Å². The molecular formula is C19H27FN6O. The van der Waals surface area contributed by atoms with E-state index in [1.807, 2.05) is 18.7 Å². The predicted octanol–water partition coefficient (Wildman–Crippen LogP) is 2.20. The topological polar surface area (TPSA) is 78.6 Å². The van der Waals surface area contributed by atoms with Gasteiger partial charge in [-0.15, -0.1) is 0 Å². The molecule has 1 aliphatic rings. The number of pyridine rings is 1. The highest BCUT2D eigenvalue weighted by Crippen LogP contribution is 2.20. The zero-order chi connectivity index (χ0) is 19.2. The Morgan fingerprint density at radius 3 is 3.00 bits per heavy atom. The van der Waals surface area contributed by atoms with Crippen LogP contribution in [0.3, 0.4) is 0 Å². The minimum atomic E-state index is -0.278. The number of aryl methyl sites for hydroxylation is 2. The third-order valence-corrected chi connectivity index (χ3v) is 4.87. The highest BCUT2D eigenvalue weighted by molar-refractivity contribution is 5.80. The Labute approximate surface area is 159 Å². The van der Waals surface area contributed by atoms with Crippen LogP contribution in [0.2, 0.25) is 0 Å². The third-order valence-electron chi connectivity index (χ3n) is 4.87. The molecule has 1 unspecified atom stereocenters. The van der Waals surface area contributed by atoms with Gasteiger partial charge in [0.1, 0.15) is 5.76 Å². The van der Waals surface area contributed by atoms with Crippen LogP contribution in [0.15, 0.2) is 27.8 Å². The summed E-state index contributed by atoms with van der Waals surface area (Å²) in [7, 11) is 1.76. The van der Waals surface area contributed by atoms with Crippen molar-refractivity contribution in [3.63, 3.8) is 0 Å². The van der Waals surface area contributed by atoms with Gasteiger partial charge in [0.25, 0.3) is 0 Å². The molecule has 1 aliphatic heterocycles. The summed E-state index contributed by atoms with van der Waals surface area (Å²) in [5.74, 6) is 1.80. The van der Waals surface area contributed by atoms with Gasteiger partial charge >= 0.3 is 0 Å². The van der Waals surface area contributed by atoms with Gasteiger partial charge < -0.3 is 20.1 Å². The number of nitrogens with zero attached hydrogens (tertiary/aromatic N) is 4. The highest BCUT2D eigenvalue weighted by Gasteiger charge is 2.25. The molecule has 146 valence electrons. The number of hydrogen-bond donors (Lipinski definition) is 2. The van der Waals surface area contributed by atoms with E-state index in [1.54, 1.807) is 19.3 Å². The molecule has 0 bridgehead atoms. The lowest BCUT2D eigenvalue weighted by atomic mass is 10.1. The van der Waals surface area contributed by atoms with Crippen LogP contribution >= 0.6 is 0 Å². The van der Waals surface area contributed by atoms with Crippen molar-refractivity contribution in [3.8, 4) is 0 Å². The van der Waals surface area contributed by atoms with Crippen LogP contribution in [0.25, 0.3) is 0 Å². The fourth-order valence-electron chi connectivity index (χ4n) is 3.40. The number of halogens is 1. The van der Waals surface area contributed by atoms with E-state index in [2.05, 4.69) is 25.8 Å². The van der Waals surface area contributed by atoms with Crippen LogP contribution in [0.1, 0.15) is 29.9 Å². The fraction of sp³-hybridized carbons (Fsp3) is 0.526. The van der Waals surface area contributed by atoms with Gasteiger partial charge in [0, 0.05) is 44.5 Å². The van der Waals surface area contributed by atoms with E-state index in [1.165, 1.54) is 11.6 Å². The van der Waals surface area contributed by atoms with E-state index in [-0.39, 0.29) is 11.9 Å². The second-order valence-corrected chi connectivity index (χ2v) is 6.79. The monoisotopic (exact) mass is 374 g/mol. The summed E-state index contributed by atoms with van der Waals surface area (Å²) in [6.45, 7) is 6.19. The lowest BCUT2D eigenvalue weighted by molar-refractivity contribution is 0.392. The van der Waals surface area contributed by atoms with Crippen LogP contribution in [0.5, 0.6) is 0 Å². The zero-order valence-electron chi connectivity index (χ0n) is 16.1. The molecule has 2 aromatic heterocycles. The number of aliphatic imine (C=N–C) groups is 1. The SMILES string of the molecule is CN=C(NCCCc1c(C)noc1C)NC1CCN(c2ncccc2F)C1. The molecule has 0 saturated carbocycles. The summed E-state index contributed by atoms with van der Waals surface area (Å²) in [5, 5.41) is 10.7. The van der Waals surface area contributed by atoms with E-state index in [0.717, 1.165) is 49.8 Å². The maximum Gasteiger partial charge on any atom is 0.191 e. The van der Waals surface area contributed by atoms with Crippen LogP contribution in [-0.2, 0) is 6.42 Å². The van der Waals surface area contributed by atoms with Crippen molar-refractivity contribution >= 4 is 11.8 Å². The van der Waals surface area contributed by atoms with Gasteiger partial charge in [-0.1, -0.05) is 5.16 Å². The van der Waals surface area contributed by atoms with Crippen molar-refractivity contribution in [2.45, 2.75) is 39.2 Å². The Balaban J connectivity index is 1.44. The van der Waals surface area contributed by atoms with Crippen molar-refractivity contribution < 1.29 is 8.91 Å². The lowest BCUT2D eigenvalue weighted by Crippen LogP contribution is -2.45. The fourth-order valence-corrected chi connectivity index (χ4v) is 3.40. The number of anilines is 1. The minimum Gasteiger partial charge on any atom is -0.361 e. The van der Waals surface area contributed by atoms with Gasteiger partial charge in [-0.05, 0) is 45.2 Å². The van der Waals surface area contributed by atoms with Gasteiger partial charge in [0.15, 0.2) is 17.6 Å². The Bertz CT molecular complexity index is 771.